The van der Waals surface area contributed by atoms with Gasteiger partial charge < -0.3 is 9.64 Å². The van der Waals surface area contributed by atoms with Crippen LogP contribution in [0.25, 0.3) is 0 Å². The van der Waals surface area contributed by atoms with Crippen LogP contribution in [0.5, 0.6) is 5.75 Å². The van der Waals surface area contributed by atoms with Gasteiger partial charge in [0.1, 0.15) is 18.4 Å². The van der Waals surface area contributed by atoms with Gasteiger partial charge in [-0.15, -0.1) is 0 Å². The fourth-order valence-corrected chi connectivity index (χ4v) is 5.15. The summed E-state index contributed by atoms with van der Waals surface area (Å²) < 4.78 is 5.81. The number of ether oxygens (including phenoxy) is 1. The van der Waals surface area contributed by atoms with Crippen LogP contribution in [0.1, 0.15) is 19.3 Å². The lowest BCUT2D eigenvalue weighted by Crippen LogP contribution is -2.52. The fraction of sp³-hybridized carbons (Fsp3) is 0.650. The van der Waals surface area contributed by atoms with Crippen molar-refractivity contribution in [3.05, 3.63) is 30.3 Å². The summed E-state index contributed by atoms with van der Waals surface area (Å²) in [7, 11) is 0. The van der Waals surface area contributed by atoms with Crippen LogP contribution in [0.15, 0.2) is 30.3 Å². The van der Waals surface area contributed by atoms with Gasteiger partial charge in [0, 0.05) is 43.7 Å². The second-order valence-corrected chi connectivity index (χ2v) is 8.83. The van der Waals surface area contributed by atoms with E-state index in [4.69, 9.17) is 4.74 Å². The first-order chi connectivity index (χ1) is 13.3. The van der Waals surface area contributed by atoms with Gasteiger partial charge in [-0.1, -0.05) is 18.2 Å². The Kier molecular flexibility index (Phi) is 6.55. The first kappa shape index (κ1) is 19.1. The first-order valence-corrected chi connectivity index (χ1v) is 11.2. The highest BCUT2D eigenvalue weighted by atomic mass is 32.2. The summed E-state index contributed by atoms with van der Waals surface area (Å²) in [5.74, 6) is 3.61. The summed E-state index contributed by atoms with van der Waals surface area (Å²) in [6.07, 6.45) is 2.99. The molecule has 0 aliphatic carbocycles. The van der Waals surface area contributed by atoms with Crippen LogP contribution in [0.4, 0.5) is 0 Å². The Bertz CT molecular complexity index is 603. The van der Waals surface area contributed by atoms with Crippen molar-refractivity contribution in [2.75, 3.05) is 44.3 Å². The van der Waals surface area contributed by atoms with E-state index in [1.807, 2.05) is 30.3 Å². The van der Waals surface area contributed by atoms with Crippen LogP contribution >= 0.6 is 11.8 Å². The SMILES string of the molecule is O=C(C1CC(COc2ccccc2)NN1)N1CCC(N2CCSCC2)CC1. The predicted octanol–water partition coefficient (Wildman–Crippen LogP) is 1.34. The topological polar surface area (TPSA) is 56.8 Å². The molecule has 27 heavy (non-hydrogen) atoms. The van der Waals surface area contributed by atoms with Crippen molar-refractivity contribution < 1.29 is 9.53 Å². The number of carbonyl (C=O) groups is 1. The molecule has 0 saturated carbocycles. The van der Waals surface area contributed by atoms with Gasteiger partial charge in [0.05, 0.1) is 6.04 Å². The minimum atomic E-state index is -0.141. The lowest BCUT2D eigenvalue weighted by Gasteiger charge is -2.40. The normalized spacial score (nSPS) is 27.6. The Morgan fingerprint density at radius 2 is 1.81 bits per heavy atom. The summed E-state index contributed by atoms with van der Waals surface area (Å²) in [4.78, 5) is 17.5. The third kappa shape index (κ3) is 4.96. The molecule has 1 aromatic carbocycles. The van der Waals surface area contributed by atoms with Gasteiger partial charge in [-0.3, -0.25) is 15.1 Å². The zero-order valence-electron chi connectivity index (χ0n) is 15.8. The summed E-state index contributed by atoms with van der Waals surface area (Å²) in [6.45, 7) is 4.75. The van der Waals surface area contributed by atoms with Crippen molar-refractivity contribution in [2.45, 2.75) is 37.4 Å². The van der Waals surface area contributed by atoms with Crippen molar-refractivity contribution in [1.82, 2.24) is 20.7 Å². The standard InChI is InChI=1S/C20H30N4O2S/c25-20(24-8-6-17(7-9-24)23-10-12-27-13-11-23)19-14-16(21-22-19)15-26-18-4-2-1-3-5-18/h1-5,16-17,19,21-22H,6-15H2. The van der Waals surface area contributed by atoms with E-state index in [1.165, 1.54) is 24.6 Å². The van der Waals surface area contributed by atoms with E-state index in [1.54, 1.807) is 0 Å². The number of para-hydroxylation sites is 1. The molecule has 0 aromatic heterocycles. The maximum atomic E-state index is 12.9. The molecule has 4 rings (SSSR count). The average molecular weight is 391 g/mol. The Labute approximate surface area is 166 Å². The molecule has 2 unspecified atom stereocenters. The van der Waals surface area contributed by atoms with E-state index in [0.29, 0.717) is 12.6 Å². The smallest absolute Gasteiger partial charge is 0.241 e. The maximum Gasteiger partial charge on any atom is 0.241 e. The second kappa shape index (κ2) is 9.28. The van der Waals surface area contributed by atoms with Gasteiger partial charge in [0.15, 0.2) is 0 Å². The third-order valence-corrected chi connectivity index (χ3v) is 6.76. The van der Waals surface area contributed by atoms with Crippen LogP contribution < -0.4 is 15.6 Å². The van der Waals surface area contributed by atoms with Crippen molar-refractivity contribution in [3.8, 4) is 5.75 Å². The molecule has 6 nitrogen and oxygen atoms in total. The number of nitrogens with one attached hydrogen (secondary N) is 2. The molecule has 0 bridgehead atoms. The molecule has 0 spiro atoms. The summed E-state index contributed by atoms with van der Waals surface area (Å²) >= 11 is 2.06. The summed E-state index contributed by atoms with van der Waals surface area (Å²) in [6, 6.07) is 10.5. The average Bonchev–Trinajstić information content (AvgIpc) is 3.22. The van der Waals surface area contributed by atoms with Crippen LogP contribution in [0.3, 0.4) is 0 Å². The fourth-order valence-electron chi connectivity index (χ4n) is 4.22. The number of piperidine rings is 1. The molecular weight excluding hydrogens is 360 g/mol. The van der Waals surface area contributed by atoms with E-state index in [9.17, 15) is 4.79 Å². The highest BCUT2D eigenvalue weighted by Gasteiger charge is 2.35. The molecule has 2 atom stereocenters. The number of thioether (sulfide) groups is 1. The number of benzene rings is 1. The van der Waals surface area contributed by atoms with Crippen molar-refractivity contribution in [1.29, 1.82) is 0 Å². The lowest BCUT2D eigenvalue weighted by molar-refractivity contribution is -0.134. The molecular formula is C20H30N4O2S. The zero-order chi connectivity index (χ0) is 18.5. The molecule has 1 amide bonds. The molecule has 3 saturated heterocycles. The number of amides is 1. The molecule has 0 radical (unpaired) electrons. The predicted molar refractivity (Wildman–Crippen MR) is 109 cm³/mol. The van der Waals surface area contributed by atoms with Crippen LogP contribution in [-0.2, 0) is 4.79 Å². The van der Waals surface area contributed by atoms with Crippen LogP contribution in [0.2, 0.25) is 0 Å². The molecule has 148 valence electrons. The van der Waals surface area contributed by atoms with Gasteiger partial charge in [0.2, 0.25) is 5.91 Å². The first-order valence-electron chi connectivity index (χ1n) is 10.1. The van der Waals surface area contributed by atoms with Gasteiger partial charge in [-0.2, -0.15) is 11.8 Å². The summed E-state index contributed by atoms with van der Waals surface area (Å²) in [5.41, 5.74) is 6.40. The van der Waals surface area contributed by atoms with Gasteiger partial charge >= 0.3 is 0 Å². The highest BCUT2D eigenvalue weighted by molar-refractivity contribution is 7.99. The maximum absolute atomic E-state index is 12.9. The number of hydrogen-bond donors (Lipinski definition) is 2. The quantitative estimate of drug-likeness (QED) is 0.791. The molecule has 3 aliphatic rings. The van der Waals surface area contributed by atoms with Crippen LogP contribution in [0, 0.1) is 0 Å². The lowest BCUT2D eigenvalue weighted by atomic mass is 10.0. The third-order valence-electron chi connectivity index (χ3n) is 5.81. The molecule has 3 fully saturated rings. The number of likely N-dealkylation sites (tertiary alicyclic amines) is 1. The van der Waals surface area contributed by atoms with Crippen molar-refractivity contribution in [2.24, 2.45) is 0 Å². The van der Waals surface area contributed by atoms with Crippen LogP contribution in [-0.4, -0.2) is 78.1 Å². The summed E-state index contributed by atoms with van der Waals surface area (Å²) in [5, 5.41) is 0. The van der Waals surface area contributed by atoms with E-state index >= 15 is 0 Å². The second-order valence-electron chi connectivity index (χ2n) is 7.60. The van der Waals surface area contributed by atoms with E-state index < -0.39 is 0 Å². The van der Waals surface area contributed by atoms with Gasteiger partial charge in [0.25, 0.3) is 0 Å². The number of hydrogen-bond acceptors (Lipinski definition) is 6. The Morgan fingerprint density at radius 1 is 1.07 bits per heavy atom. The highest BCUT2D eigenvalue weighted by Crippen LogP contribution is 2.22. The van der Waals surface area contributed by atoms with Crippen molar-refractivity contribution in [3.63, 3.8) is 0 Å². The minimum absolute atomic E-state index is 0.141. The Balaban J connectivity index is 1.20. The minimum Gasteiger partial charge on any atom is -0.492 e. The molecule has 2 N–H and O–H groups in total. The number of hydrazine groups is 1. The zero-order valence-corrected chi connectivity index (χ0v) is 16.6. The number of rotatable bonds is 5. The largest absolute Gasteiger partial charge is 0.492 e. The molecule has 7 heteroatoms. The van der Waals surface area contributed by atoms with Gasteiger partial charge in [-0.25, -0.2) is 5.43 Å². The Hall–Kier alpha value is -1.28. The Morgan fingerprint density at radius 3 is 2.56 bits per heavy atom. The van der Waals surface area contributed by atoms with E-state index in [0.717, 1.165) is 38.1 Å². The molecule has 3 aliphatic heterocycles. The van der Waals surface area contributed by atoms with Gasteiger partial charge in [-0.05, 0) is 31.4 Å². The monoisotopic (exact) mass is 390 g/mol. The number of nitrogens with zero attached hydrogens (tertiary/aromatic N) is 2. The van der Waals surface area contributed by atoms with E-state index in [2.05, 4.69) is 32.4 Å². The van der Waals surface area contributed by atoms with E-state index in [-0.39, 0.29) is 18.0 Å². The molecule has 3 heterocycles. The van der Waals surface area contributed by atoms with Crippen molar-refractivity contribution >= 4 is 17.7 Å². The number of carbonyl (C=O) groups excluding carboxylic acids is 1. The molecule has 1 aromatic rings.